The molecule has 1 aromatic heterocycles. The van der Waals surface area contributed by atoms with E-state index in [-0.39, 0.29) is 25.5 Å². The lowest BCUT2D eigenvalue weighted by molar-refractivity contribution is -0.147. The van der Waals surface area contributed by atoms with Crippen LogP contribution in [0.15, 0.2) is 77.4 Å². The van der Waals surface area contributed by atoms with Crippen LogP contribution in [0.3, 0.4) is 0 Å². The molecule has 0 radical (unpaired) electrons. The quantitative estimate of drug-likeness (QED) is 0.664. The molecule has 0 atom stereocenters. The Morgan fingerprint density at radius 3 is 2.31 bits per heavy atom. The van der Waals surface area contributed by atoms with E-state index in [4.69, 9.17) is 9.15 Å². The van der Waals surface area contributed by atoms with Crippen molar-refractivity contribution in [3.8, 4) is 11.1 Å². The first-order valence-electron chi connectivity index (χ1n) is 8.30. The van der Waals surface area contributed by atoms with Gasteiger partial charge in [-0.05, 0) is 28.8 Å². The van der Waals surface area contributed by atoms with Gasteiger partial charge in [0.15, 0.2) is 6.61 Å². The van der Waals surface area contributed by atoms with E-state index < -0.39 is 5.97 Å². The van der Waals surface area contributed by atoms with Crippen molar-refractivity contribution in [1.29, 1.82) is 0 Å². The molecule has 1 amide bonds. The average molecular weight is 349 g/mol. The summed E-state index contributed by atoms with van der Waals surface area (Å²) in [5, 5.41) is 2.62. The highest BCUT2D eigenvalue weighted by Gasteiger charge is 2.09. The van der Waals surface area contributed by atoms with Crippen LogP contribution in [0.4, 0.5) is 0 Å². The van der Waals surface area contributed by atoms with E-state index in [0.29, 0.717) is 5.76 Å². The van der Waals surface area contributed by atoms with Crippen molar-refractivity contribution in [2.24, 2.45) is 0 Å². The highest BCUT2D eigenvalue weighted by molar-refractivity contribution is 5.81. The summed E-state index contributed by atoms with van der Waals surface area (Å²) in [5.74, 6) is -0.164. The Bertz CT molecular complexity index is 839. The van der Waals surface area contributed by atoms with Gasteiger partial charge < -0.3 is 14.5 Å². The number of rotatable bonds is 7. The van der Waals surface area contributed by atoms with Gasteiger partial charge in [-0.25, -0.2) is 0 Å². The van der Waals surface area contributed by atoms with Gasteiger partial charge in [0.2, 0.25) is 0 Å². The van der Waals surface area contributed by atoms with Gasteiger partial charge in [-0.2, -0.15) is 0 Å². The van der Waals surface area contributed by atoms with Crippen LogP contribution in [0, 0.1) is 0 Å². The number of carbonyl (C=O) groups excluding carboxylic acids is 2. The number of benzene rings is 2. The second-order valence-corrected chi connectivity index (χ2v) is 5.76. The maximum atomic E-state index is 11.9. The Balaban J connectivity index is 1.43. The molecule has 0 aliphatic carbocycles. The van der Waals surface area contributed by atoms with Crippen LogP contribution in [-0.4, -0.2) is 18.5 Å². The number of furan rings is 1. The Labute approximate surface area is 151 Å². The molecule has 0 saturated carbocycles. The van der Waals surface area contributed by atoms with Crippen molar-refractivity contribution in [3.05, 3.63) is 84.3 Å². The highest BCUT2D eigenvalue weighted by Crippen LogP contribution is 2.19. The molecule has 2 aromatic carbocycles. The van der Waals surface area contributed by atoms with Crippen molar-refractivity contribution in [3.63, 3.8) is 0 Å². The molecule has 3 aromatic rings. The molecule has 0 aliphatic rings. The monoisotopic (exact) mass is 349 g/mol. The largest absolute Gasteiger partial charge is 0.467 e. The smallest absolute Gasteiger partial charge is 0.310 e. The van der Waals surface area contributed by atoms with Gasteiger partial charge in [0.25, 0.3) is 5.91 Å². The average Bonchev–Trinajstić information content (AvgIpc) is 3.20. The summed E-state index contributed by atoms with van der Waals surface area (Å²) >= 11 is 0. The molecule has 1 heterocycles. The second-order valence-electron chi connectivity index (χ2n) is 5.76. The van der Waals surface area contributed by atoms with Crippen molar-refractivity contribution in [2.45, 2.75) is 13.0 Å². The molecule has 0 bridgehead atoms. The number of ether oxygens (including phenoxy) is 1. The third kappa shape index (κ3) is 5.08. The molecule has 0 aliphatic heterocycles. The lowest BCUT2D eigenvalue weighted by Gasteiger charge is -2.07. The molecular formula is C21H19NO4. The predicted molar refractivity (Wildman–Crippen MR) is 97.1 cm³/mol. The first-order chi connectivity index (χ1) is 12.7. The van der Waals surface area contributed by atoms with Gasteiger partial charge >= 0.3 is 5.97 Å². The minimum Gasteiger partial charge on any atom is -0.467 e. The van der Waals surface area contributed by atoms with Crippen molar-refractivity contribution >= 4 is 11.9 Å². The van der Waals surface area contributed by atoms with Gasteiger partial charge in [-0.1, -0.05) is 54.6 Å². The molecule has 0 spiro atoms. The molecular weight excluding hydrogens is 330 g/mol. The maximum Gasteiger partial charge on any atom is 0.310 e. The molecule has 1 N–H and O–H groups in total. The third-order valence-corrected chi connectivity index (χ3v) is 3.81. The minimum atomic E-state index is -0.439. The van der Waals surface area contributed by atoms with E-state index >= 15 is 0 Å². The second kappa shape index (κ2) is 8.67. The zero-order valence-corrected chi connectivity index (χ0v) is 14.2. The Morgan fingerprint density at radius 2 is 1.62 bits per heavy atom. The van der Waals surface area contributed by atoms with Crippen LogP contribution >= 0.6 is 0 Å². The molecule has 132 valence electrons. The minimum absolute atomic E-state index is 0.126. The van der Waals surface area contributed by atoms with Gasteiger partial charge in [-0.3, -0.25) is 9.59 Å². The van der Waals surface area contributed by atoms with E-state index in [1.807, 2.05) is 54.6 Å². The normalized spacial score (nSPS) is 10.3. The van der Waals surface area contributed by atoms with Gasteiger partial charge in [0.1, 0.15) is 5.76 Å². The van der Waals surface area contributed by atoms with Crippen LogP contribution < -0.4 is 5.32 Å². The van der Waals surface area contributed by atoms with E-state index in [1.54, 1.807) is 12.1 Å². The van der Waals surface area contributed by atoms with E-state index in [2.05, 4.69) is 5.32 Å². The van der Waals surface area contributed by atoms with E-state index in [1.165, 1.54) is 6.26 Å². The third-order valence-electron chi connectivity index (χ3n) is 3.81. The van der Waals surface area contributed by atoms with Crippen LogP contribution in [-0.2, 0) is 27.3 Å². The van der Waals surface area contributed by atoms with Crippen LogP contribution in [0.1, 0.15) is 11.3 Å². The van der Waals surface area contributed by atoms with E-state index in [9.17, 15) is 9.59 Å². The van der Waals surface area contributed by atoms with Crippen LogP contribution in [0.2, 0.25) is 0 Å². The Morgan fingerprint density at radius 1 is 0.885 bits per heavy atom. The lowest BCUT2D eigenvalue weighted by Crippen LogP contribution is -2.28. The SMILES string of the molecule is O=C(COC(=O)Cc1ccc(-c2ccccc2)cc1)NCc1ccco1. The van der Waals surface area contributed by atoms with Crippen molar-refractivity contribution in [1.82, 2.24) is 5.32 Å². The first kappa shape index (κ1) is 17.5. The summed E-state index contributed by atoms with van der Waals surface area (Å²) in [6.45, 7) is -0.0357. The zero-order chi connectivity index (χ0) is 18.2. The van der Waals surface area contributed by atoms with Crippen molar-refractivity contribution < 1.29 is 18.7 Å². The number of esters is 1. The fraction of sp³-hybridized carbons (Fsp3) is 0.143. The van der Waals surface area contributed by atoms with Gasteiger partial charge in [-0.15, -0.1) is 0 Å². The highest BCUT2D eigenvalue weighted by atomic mass is 16.5. The molecule has 5 nitrogen and oxygen atoms in total. The maximum absolute atomic E-state index is 11.9. The lowest BCUT2D eigenvalue weighted by atomic mass is 10.0. The first-order valence-corrected chi connectivity index (χ1v) is 8.30. The summed E-state index contributed by atoms with van der Waals surface area (Å²) in [7, 11) is 0. The number of nitrogens with one attached hydrogen (secondary N) is 1. The fourth-order valence-corrected chi connectivity index (χ4v) is 2.46. The van der Waals surface area contributed by atoms with Crippen LogP contribution in [0.25, 0.3) is 11.1 Å². The molecule has 3 rings (SSSR count). The fourth-order valence-electron chi connectivity index (χ4n) is 2.46. The molecule has 0 fully saturated rings. The van der Waals surface area contributed by atoms with Crippen LogP contribution in [0.5, 0.6) is 0 Å². The number of amides is 1. The molecule has 5 heteroatoms. The summed E-state index contributed by atoms with van der Waals surface area (Å²) < 4.78 is 10.1. The Hall–Kier alpha value is -3.34. The summed E-state index contributed by atoms with van der Waals surface area (Å²) in [6.07, 6.45) is 1.66. The standard InChI is InChI=1S/C21H19NO4/c23-20(22-14-19-7-4-12-25-19)15-26-21(24)13-16-8-10-18(11-9-16)17-5-2-1-3-6-17/h1-12H,13-15H2,(H,22,23). The molecule has 0 unspecified atom stereocenters. The summed E-state index contributed by atoms with van der Waals surface area (Å²) in [6, 6.07) is 21.2. The summed E-state index contributed by atoms with van der Waals surface area (Å²) in [4.78, 5) is 23.6. The Kier molecular flexibility index (Phi) is 5.83. The number of hydrogen-bond donors (Lipinski definition) is 1. The summed E-state index contributed by atoms with van der Waals surface area (Å²) in [5.41, 5.74) is 3.04. The van der Waals surface area contributed by atoms with Gasteiger partial charge in [0.05, 0.1) is 19.2 Å². The molecule has 0 saturated heterocycles. The van der Waals surface area contributed by atoms with E-state index in [0.717, 1.165) is 16.7 Å². The molecule has 26 heavy (non-hydrogen) atoms. The number of carbonyl (C=O) groups is 2. The topological polar surface area (TPSA) is 68.5 Å². The van der Waals surface area contributed by atoms with Gasteiger partial charge in [0, 0.05) is 0 Å². The van der Waals surface area contributed by atoms with Crippen molar-refractivity contribution in [2.75, 3.05) is 6.61 Å². The number of hydrogen-bond acceptors (Lipinski definition) is 4. The predicted octanol–water partition coefficient (Wildman–Crippen LogP) is 3.35. The zero-order valence-electron chi connectivity index (χ0n) is 14.2.